The lowest BCUT2D eigenvalue weighted by Gasteiger charge is -2.24. The normalized spacial score (nSPS) is 11.2. The molecule has 156 valence electrons. The molecule has 3 aromatic rings. The summed E-state index contributed by atoms with van der Waals surface area (Å²) in [5, 5.41) is 3.27. The fourth-order valence-corrected chi connectivity index (χ4v) is 4.40. The highest BCUT2D eigenvalue weighted by molar-refractivity contribution is 7.92. The molecule has 5 nitrogen and oxygen atoms in total. The fourth-order valence-electron chi connectivity index (χ4n) is 2.85. The monoisotopic (exact) mass is 442 g/mol. The van der Waals surface area contributed by atoms with E-state index in [-0.39, 0.29) is 11.4 Å². The highest BCUT2D eigenvalue weighted by Gasteiger charge is 2.27. The summed E-state index contributed by atoms with van der Waals surface area (Å²) < 4.78 is 27.7. The molecule has 0 fully saturated rings. The molecule has 0 aliphatic rings. The van der Waals surface area contributed by atoms with E-state index in [2.05, 4.69) is 5.32 Å². The standard InChI is InChI=1S/C23H23ClN2O3S/c1-17-3-7-19(8-4-17)15-25-23(27)16-26(21-11-9-20(24)10-12-21)30(28,29)22-13-5-18(2)6-14-22/h3-14H,15-16H2,1-2H3,(H,25,27). The number of carbonyl (C=O) groups is 1. The van der Waals surface area contributed by atoms with Crippen molar-refractivity contribution in [3.05, 3.63) is 94.5 Å². The second-order valence-corrected chi connectivity index (χ2v) is 9.36. The van der Waals surface area contributed by atoms with Crippen molar-refractivity contribution in [1.29, 1.82) is 0 Å². The van der Waals surface area contributed by atoms with E-state index in [4.69, 9.17) is 11.6 Å². The average Bonchev–Trinajstić information content (AvgIpc) is 2.72. The lowest BCUT2D eigenvalue weighted by Crippen LogP contribution is -2.40. The van der Waals surface area contributed by atoms with E-state index in [0.29, 0.717) is 17.3 Å². The highest BCUT2D eigenvalue weighted by Crippen LogP contribution is 2.25. The predicted octanol–water partition coefficient (Wildman–Crippen LogP) is 4.47. The number of nitrogens with one attached hydrogen (secondary N) is 1. The number of benzene rings is 3. The van der Waals surface area contributed by atoms with Gasteiger partial charge < -0.3 is 5.32 Å². The molecule has 0 aromatic heterocycles. The van der Waals surface area contributed by atoms with E-state index < -0.39 is 15.9 Å². The molecule has 0 spiro atoms. The van der Waals surface area contributed by atoms with Crippen LogP contribution in [0.3, 0.4) is 0 Å². The SMILES string of the molecule is Cc1ccc(CNC(=O)CN(c2ccc(Cl)cc2)S(=O)(=O)c2ccc(C)cc2)cc1. The molecule has 0 radical (unpaired) electrons. The summed E-state index contributed by atoms with van der Waals surface area (Å²) in [4.78, 5) is 12.7. The largest absolute Gasteiger partial charge is 0.350 e. The van der Waals surface area contributed by atoms with Crippen LogP contribution in [0.2, 0.25) is 5.02 Å². The summed E-state index contributed by atoms with van der Waals surface area (Å²) in [6, 6.07) is 20.7. The molecule has 0 atom stereocenters. The van der Waals surface area contributed by atoms with Gasteiger partial charge in [-0.15, -0.1) is 0 Å². The molecule has 3 rings (SSSR count). The second kappa shape index (κ2) is 9.32. The zero-order valence-corrected chi connectivity index (χ0v) is 18.4. The number of aryl methyl sites for hydroxylation is 2. The van der Waals surface area contributed by atoms with Crippen LogP contribution in [0.15, 0.2) is 77.7 Å². The Bertz CT molecular complexity index is 1110. The number of hydrogen-bond acceptors (Lipinski definition) is 3. The molecular weight excluding hydrogens is 420 g/mol. The molecule has 0 heterocycles. The molecule has 1 amide bonds. The minimum atomic E-state index is -3.94. The molecule has 3 aromatic carbocycles. The number of amides is 1. The van der Waals surface area contributed by atoms with E-state index in [1.807, 2.05) is 38.1 Å². The maximum Gasteiger partial charge on any atom is 0.264 e. The van der Waals surface area contributed by atoms with Crippen molar-refractivity contribution < 1.29 is 13.2 Å². The maximum atomic E-state index is 13.3. The number of anilines is 1. The van der Waals surface area contributed by atoms with Crippen molar-refractivity contribution in [3.8, 4) is 0 Å². The Balaban J connectivity index is 1.84. The van der Waals surface area contributed by atoms with Gasteiger partial charge in [0.15, 0.2) is 0 Å². The van der Waals surface area contributed by atoms with Crippen LogP contribution < -0.4 is 9.62 Å². The van der Waals surface area contributed by atoms with Gasteiger partial charge in [0.25, 0.3) is 10.0 Å². The number of rotatable bonds is 7. The number of sulfonamides is 1. The second-order valence-electron chi connectivity index (χ2n) is 7.06. The summed E-state index contributed by atoms with van der Waals surface area (Å²) in [6.07, 6.45) is 0. The summed E-state index contributed by atoms with van der Waals surface area (Å²) in [7, 11) is -3.94. The third-order valence-electron chi connectivity index (χ3n) is 4.62. The summed E-state index contributed by atoms with van der Waals surface area (Å²) >= 11 is 5.95. The average molecular weight is 443 g/mol. The lowest BCUT2D eigenvalue weighted by atomic mass is 10.1. The maximum absolute atomic E-state index is 13.3. The van der Waals surface area contributed by atoms with Crippen molar-refractivity contribution in [3.63, 3.8) is 0 Å². The zero-order chi connectivity index (χ0) is 21.7. The number of nitrogens with zero attached hydrogens (tertiary/aromatic N) is 1. The third-order valence-corrected chi connectivity index (χ3v) is 6.66. The smallest absolute Gasteiger partial charge is 0.264 e. The molecule has 0 bridgehead atoms. The molecular formula is C23H23ClN2O3S. The van der Waals surface area contributed by atoms with Crippen molar-refractivity contribution in [2.75, 3.05) is 10.8 Å². The van der Waals surface area contributed by atoms with Gasteiger partial charge in [-0.1, -0.05) is 59.1 Å². The zero-order valence-electron chi connectivity index (χ0n) is 16.8. The van der Waals surface area contributed by atoms with Crippen molar-refractivity contribution in [2.45, 2.75) is 25.3 Å². The van der Waals surface area contributed by atoms with Crippen LogP contribution in [-0.2, 0) is 21.4 Å². The van der Waals surface area contributed by atoms with Crippen molar-refractivity contribution >= 4 is 33.2 Å². The molecule has 0 saturated heterocycles. The Morgan fingerprint density at radius 2 is 1.40 bits per heavy atom. The van der Waals surface area contributed by atoms with Crippen LogP contribution in [0.4, 0.5) is 5.69 Å². The van der Waals surface area contributed by atoms with Crippen LogP contribution in [0, 0.1) is 13.8 Å². The minimum Gasteiger partial charge on any atom is -0.350 e. The van der Waals surface area contributed by atoms with Crippen molar-refractivity contribution in [2.24, 2.45) is 0 Å². The number of halogens is 1. The Hall–Kier alpha value is -2.83. The van der Waals surface area contributed by atoms with E-state index in [9.17, 15) is 13.2 Å². The predicted molar refractivity (Wildman–Crippen MR) is 120 cm³/mol. The van der Waals surface area contributed by atoms with E-state index in [0.717, 1.165) is 21.0 Å². The molecule has 30 heavy (non-hydrogen) atoms. The van der Waals surface area contributed by atoms with Crippen LogP contribution in [0.5, 0.6) is 0 Å². The van der Waals surface area contributed by atoms with Gasteiger partial charge in [0, 0.05) is 11.6 Å². The first-order valence-electron chi connectivity index (χ1n) is 9.43. The minimum absolute atomic E-state index is 0.120. The van der Waals surface area contributed by atoms with Crippen LogP contribution >= 0.6 is 11.6 Å². The van der Waals surface area contributed by atoms with Gasteiger partial charge in [0.05, 0.1) is 10.6 Å². The van der Waals surface area contributed by atoms with E-state index in [1.54, 1.807) is 36.4 Å². The summed E-state index contributed by atoms with van der Waals surface area (Å²) in [5.74, 6) is -0.402. The van der Waals surface area contributed by atoms with Gasteiger partial charge in [-0.05, 0) is 55.8 Å². The Labute approximate surface area is 182 Å². The Kier molecular flexibility index (Phi) is 6.80. The van der Waals surface area contributed by atoms with Crippen LogP contribution in [0.1, 0.15) is 16.7 Å². The van der Waals surface area contributed by atoms with Gasteiger partial charge in [-0.25, -0.2) is 8.42 Å². The molecule has 0 saturated carbocycles. The van der Waals surface area contributed by atoms with Gasteiger partial charge >= 0.3 is 0 Å². The van der Waals surface area contributed by atoms with Gasteiger partial charge in [-0.2, -0.15) is 0 Å². The first-order chi connectivity index (χ1) is 14.3. The molecule has 1 N–H and O–H groups in total. The van der Waals surface area contributed by atoms with Gasteiger partial charge in [0.2, 0.25) is 5.91 Å². The highest BCUT2D eigenvalue weighted by atomic mass is 35.5. The van der Waals surface area contributed by atoms with Crippen molar-refractivity contribution in [1.82, 2.24) is 5.32 Å². The summed E-state index contributed by atoms with van der Waals surface area (Å²) in [6.45, 7) is 3.84. The van der Waals surface area contributed by atoms with Crippen LogP contribution in [-0.4, -0.2) is 20.9 Å². The molecule has 0 aliphatic carbocycles. The fraction of sp³-hybridized carbons (Fsp3) is 0.174. The van der Waals surface area contributed by atoms with E-state index >= 15 is 0 Å². The van der Waals surface area contributed by atoms with Gasteiger partial charge in [0.1, 0.15) is 6.54 Å². The number of hydrogen-bond donors (Lipinski definition) is 1. The first kappa shape index (κ1) is 21.9. The third kappa shape index (κ3) is 5.40. The Morgan fingerprint density at radius 3 is 1.97 bits per heavy atom. The first-order valence-corrected chi connectivity index (χ1v) is 11.2. The van der Waals surface area contributed by atoms with Gasteiger partial charge in [-0.3, -0.25) is 9.10 Å². The molecule has 0 unspecified atom stereocenters. The molecule has 7 heteroatoms. The lowest BCUT2D eigenvalue weighted by molar-refractivity contribution is -0.119. The van der Waals surface area contributed by atoms with Crippen LogP contribution in [0.25, 0.3) is 0 Å². The number of carbonyl (C=O) groups excluding carboxylic acids is 1. The summed E-state index contributed by atoms with van der Waals surface area (Å²) in [5.41, 5.74) is 3.38. The molecule has 0 aliphatic heterocycles. The van der Waals surface area contributed by atoms with E-state index in [1.165, 1.54) is 12.1 Å². The Morgan fingerprint density at radius 1 is 0.867 bits per heavy atom. The topological polar surface area (TPSA) is 66.5 Å². The quantitative estimate of drug-likeness (QED) is 0.587.